The largest absolute Gasteiger partial charge is 0.348 e. The van der Waals surface area contributed by atoms with Gasteiger partial charge >= 0.3 is 4.84 Å². The molecule has 0 saturated heterocycles. The number of nitrogens with zero attached hydrogens (tertiary/aromatic N) is 3. The van der Waals surface area contributed by atoms with Crippen LogP contribution in [0.25, 0.3) is 0 Å². The van der Waals surface area contributed by atoms with Crippen LogP contribution in [0.4, 0.5) is 0 Å². The minimum absolute atomic E-state index is 0.246. The molecule has 0 aliphatic heterocycles. The number of hydrogen-bond donors (Lipinski definition) is 1. The van der Waals surface area contributed by atoms with Crippen molar-refractivity contribution in [1.82, 2.24) is 19.9 Å². The van der Waals surface area contributed by atoms with Crippen molar-refractivity contribution in [3.63, 3.8) is 0 Å². The van der Waals surface area contributed by atoms with Crippen molar-refractivity contribution in [1.29, 1.82) is 0 Å². The zero-order valence-corrected chi connectivity index (χ0v) is 7.62. The first-order valence-corrected chi connectivity index (χ1v) is 4.27. The van der Waals surface area contributed by atoms with Gasteiger partial charge in [-0.2, -0.15) is 10.1 Å². The molecule has 0 unspecified atom stereocenters. The van der Waals surface area contributed by atoms with E-state index in [2.05, 4.69) is 15.2 Å². The van der Waals surface area contributed by atoms with Crippen LogP contribution in [0, 0.1) is 4.84 Å². The second-order valence-corrected chi connectivity index (χ2v) is 2.90. The van der Waals surface area contributed by atoms with Gasteiger partial charge in [0.25, 0.3) is 0 Å². The lowest BCUT2D eigenvalue weighted by Gasteiger charge is -1.96. The molecule has 0 spiro atoms. The minimum atomic E-state index is 0.246. The van der Waals surface area contributed by atoms with Crippen LogP contribution in [-0.4, -0.2) is 19.9 Å². The number of aromatic amines is 1. The van der Waals surface area contributed by atoms with Gasteiger partial charge in [-0.05, 0) is 18.3 Å². The van der Waals surface area contributed by atoms with Gasteiger partial charge in [-0.15, -0.1) is 0 Å². The highest BCUT2D eigenvalue weighted by Crippen LogP contribution is 1.95. The van der Waals surface area contributed by atoms with E-state index in [9.17, 15) is 0 Å². The van der Waals surface area contributed by atoms with Crippen LogP contribution in [0.2, 0.25) is 0 Å². The van der Waals surface area contributed by atoms with E-state index in [4.69, 9.17) is 16.7 Å². The third-order valence-electron chi connectivity index (χ3n) is 1.62. The van der Waals surface area contributed by atoms with Gasteiger partial charge in [-0.3, -0.25) is 4.68 Å². The molecule has 68 valence electrons. The van der Waals surface area contributed by atoms with Crippen molar-refractivity contribution < 1.29 is 4.52 Å². The van der Waals surface area contributed by atoms with Crippen LogP contribution >= 0.6 is 12.2 Å². The van der Waals surface area contributed by atoms with Gasteiger partial charge in [0, 0.05) is 25.4 Å². The lowest BCUT2D eigenvalue weighted by Crippen LogP contribution is -2.02. The molecule has 0 aromatic carbocycles. The fourth-order valence-electron chi connectivity index (χ4n) is 1.02. The van der Waals surface area contributed by atoms with Crippen molar-refractivity contribution in [2.45, 2.75) is 13.0 Å². The Balaban J connectivity index is 1.97. The molecule has 0 fully saturated rings. The quantitative estimate of drug-likeness (QED) is 0.748. The van der Waals surface area contributed by atoms with Crippen LogP contribution in [-0.2, 0) is 13.0 Å². The SMILES string of the molecule is S=c1nc(CCn2cccn2)[nH]o1. The molecule has 0 radical (unpaired) electrons. The number of aryl methyl sites for hydroxylation is 2. The van der Waals surface area contributed by atoms with Gasteiger partial charge in [0.05, 0.1) is 0 Å². The Kier molecular flexibility index (Phi) is 2.22. The number of H-pyrrole nitrogens is 1. The molecule has 0 atom stereocenters. The maximum absolute atomic E-state index is 4.78. The van der Waals surface area contributed by atoms with Crippen LogP contribution in [0.3, 0.4) is 0 Å². The van der Waals surface area contributed by atoms with Gasteiger partial charge < -0.3 is 4.52 Å². The van der Waals surface area contributed by atoms with E-state index in [-0.39, 0.29) is 4.84 Å². The Morgan fingerprint density at radius 3 is 3.15 bits per heavy atom. The highest BCUT2D eigenvalue weighted by atomic mass is 32.1. The lowest BCUT2D eigenvalue weighted by molar-refractivity contribution is 0.396. The number of rotatable bonds is 3. The highest BCUT2D eigenvalue weighted by Gasteiger charge is 1.98. The molecule has 0 aliphatic carbocycles. The van der Waals surface area contributed by atoms with E-state index < -0.39 is 0 Å². The Morgan fingerprint density at radius 1 is 1.62 bits per heavy atom. The topological polar surface area (TPSA) is 59.6 Å². The maximum Gasteiger partial charge on any atom is 0.314 e. The fraction of sp³-hybridized carbons (Fsp3) is 0.286. The van der Waals surface area contributed by atoms with E-state index in [0.29, 0.717) is 0 Å². The zero-order valence-electron chi connectivity index (χ0n) is 6.80. The first-order valence-electron chi connectivity index (χ1n) is 3.86. The van der Waals surface area contributed by atoms with E-state index >= 15 is 0 Å². The summed E-state index contributed by atoms with van der Waals surface area (Å²) in [6, 6.07) is 1.88. The van der Waals surface area contributed by atoms with Crippen LogP contribution in [0.15, 0.2) is 23.0 Å². The van der Waals surface area contributed by atoms with Crippen molar-refractivity contribution in [3.8, 4) is 0 Å². The number of aromatic nitrogens is 4. The summed E-state index contributed by atoms with van der Waals surface area (Å²) in [5, 5.41) is 6.69. The first-order chi connectivity index (χ1) is 6.34. The summed E-state index contributed by atoms with van der Waals surface area (Å²) >= 11 is 4.72. The molecule has 5 nitrogen and oxygen atoms in total. The molecule has 0 amide bonds. The van der Waals surface area contributed by atoms with Crippen molar-refractivity contribution in [2.24, 2.45) is 0 Å². The molecular weight excluding hydrogens is 188 g/mol. The summed E-state index contributed by atoms with van der Waals surface area (Å²) in [5.74, 6) is 0.750. The van der Waals surface area contributed by atoms with Crippen LogP contribution in [0.1, 0.15) is 5.82 Å². The fourth-order valence-corrected chi connectivity index (χ4v) is 1.17. The number of nitrogens with one attached hydrogen (secondary N) is 1. The molecular formula is C7H8N4OS. The molecule has 1 N–H and O–H groups in total. The third-order valence-corrected chi connectivity index (χ3v) is 1.79. The van der Waals surface area contributed by atoms with Crippen LogP contribution < -0.4 is 0 Å². The predicted octanol–water partition coefficient (Wildman–Crippen LogP) is 1.17. The van der Waals surface area contributed by atoms with Gasteiger partial charge in [0.15, 0.2) is 0 Å². The van der Waals surface area contributed by atoms with E-state index in [1.807, 2.05) is 16.9 Å². The standard InChI is InChI=1S/C7H8N4OS/c13-7-9-6(10-12-7)2-5-11-4-1-3-8-11/h1,3-4H,2,5H2,(H,9,10,13). The van der Waals surface area contributed by atoms with Gasteiger partial charge in [0.2, 0.25) is 0 Å². The molecule has 2 aromatic heterocycles. The van der Waals surface area contributed by atoms with Gasteiger partial charge in [0.1, 0.15) is 5.82 Å². The normalized spacial score (nSPS) is 10.5. The average molecular weight is 196 g/mol. The Bertz CT molecular complexity index is 416. The molecule has 0 saturated carbocycles. The Hall–Kier alpha value is -1.43. The van der Waals surface area contributed by atoms with Crippen molar-refractivity contribution in [3.05, 3.63) is 29.1 Å². The van der Waals surface area contributed by atoms with Gasteiger partial charge in [-0.1, -0.05) is 0 Å². The number of hydrogen-bond acceptors (Lipinski definition) is 4. The predicted molar refractivity (Wildman–Crippen MR) is 47.6 cm³/mol. The molecule has 0 aliphatic rings. The first kappa shape index (κ1) is 8.18. The van der Waals surface area contributed by atoms with Crippen LogP contribution in [0.5, 0.6) is 0 Å². The molecule has 6 heteroatoms. The smallest absolute Gasteiger partial charge is 0.314 e. The zero-order chi connectivity index (χ0) is 9.10. The maximum atomic E-state index is 4.78. The summed E-state index contributed by atoms with van der Waals surface area (Å²) in [7, 11) is 0. The average Bonchev–Trinajstić information content (AvgIpc) is 2.71. The van der Waals surface area contributed by atoms with Crippen molar-refractivity contribution in [2.75, 3.05) is 0 Å². The van der Waals surface area contributed by atoms with E-state index in [0.717, 1.165) is 18.8 Å². The molecule has 2 rings (SSSR count). The minimum Gasteiger partial charge on any atom is -0.348 e. The van der Waals surface area contributed by atoms with Crippen molar-refractivity contribution >= 4 is 12.2 Å². The monoisotopic (exact) mass is 196 g/mol. The van der Waals surface area contributed by atoms with E-state index in [1.54, 1.807) is 6.20 Å². The molecule has 2 heterocycles. The third kappa shape index (κ3) is 2.03. The molecule has 13 heavy (non-hydrogen) atoms. The molecule has 0 bridgehead atoms. The summed E-state index contributed by atoms with van der Waals surface area (Å²) in [6.45, 7) is 0.769. The molecule has 2 aromatic rings. The highest BCUT2D eigenvalue weighted by molar-refractivity contribution is 7.71. The second-order valence-electron chi connectivity index (χ2n) is 2.55. The van der Waals surface area contributed by atoms with Gasteiger partial charge in [-0.25, -0.2) is 5.16 Å². The summed E-state index contributed by atoms with van der Waals surface area (Å²) in [4.78, 5) is 4.21. The van der Waals surface area contributed by atoms with E-state index in [1.165, 1.54) is 0 Å². The summed E-state index contributed by atoms with van der Waals surface area (Å²) in [5.41, 5.74) is 0. The second kappa shape index (κ2) is 3.53. The summed E-state index contributed by atoms with van der Waals surface area (Å²) in [6.07, 6.45) is 4.38. The summed E-state index contributed by atoms with van der Waals surface area (Å²) < 4.78 is 6.61. The lowest BCUT2D eigenvalue weighted by atomic mass is 10.4. The Morgan fingerprint density at radius 2 is 2.54 bits per heavy atom. The Labute approximate surface area is 79.4 Å².